The van der Waals surface area contributed by atoms with E-state index in [-0.39, 0.29) is 11.5 Å². The minimum atomic E-state index is -0.346. The van der Waals surface area contributed by atoms with E-state index in [1.54, 1.807) is 22.8 Å². The van der Waals surface area contributed by atoms with Crippen molar-refractivity contribution in [2.75, 3.05) is 18.0 Å². The van der Waals surface area contributed by atoms with E-state index in [1.807, 2.05) is 0 Å². The lowest BCUT2D eigenvalue weighted by Crippen LogP contribution is -2.25. The van der Waals surface area contributed by atoms with Crippen LogP contribution in [-0.2, 0) is 13.0 Å². The summed E-state index contributed by atoms with van der Waals surface area (Å²) in [7, 11) is 0. The third-order valence-corrected chi connectivity index (χ3v) is 6.26. The Balaban J connectivity index is 0.000000242. The highest BCUT2D eigenvalue weighted by Gasteiger charge is 2.12. The molecule has 0 spiro atoms. The maximum Gasteiger partial charge on any atom is 0.419 e. The Morgan fingerprint density at radius 1 is 1.00 bits per heavy atom. The SMILES string of the molecule is CCCCCn1c(=O)oc2cc(C(C)=O)ccc21.CCCN(CCC)c1cccc(CC)c1Cl. The fourth-order valence-corrected chi connectivity index (χ4v) is 4.37. The second kappa shape index (κ2) is 14.0. The highest BCUT2D eigenvalue weighted by atomic mass is 35.5. The number of halogens is 1. The standard InChI is InChI=1S/C14H22ClN.C14H17NO3/c1-4-10-16(11-5-2)13-9-7-8-12(6-3)14(13)15;1-3-4-5-8-15-12-7-6-11(10(2)16)9-13(12)18-14(15)17/h7-9H,4-6,10-11H2,1-3H3;6-7,9H,3-5,8H2,1-2H3. The van der Waals surface area contributed by atoms with Crippen LogP contribution in [0.15, 0.2) is 45.6 Å². The van der Waals surface area contributed by atoms with Crippen molar-refractivity contribution in [3.63, 3.8) is 0 Å². The Bertz CT molecular complexity index is 1110. The van der Waals surface area contributed by atoms with Crippen molar-refractivity contribution in [2.45, 2.75) is 79.7 Å². The van der Waals surface area contributed by atoms with Gasteiger partial charge in [-0.25, -0.2) is 4.79 Å². The summed E-state index contributed by atoms with van der Waals surface area (Å²) in [4.78, 5) is 25.4. The summed E-state index contributed by atoms with van der Waals surface area (Å²) in [5, 5.41) is 0.937. The van der Waals surface area contributed by atoms with E-state index in [1.165, 1.54) is 18.2 Å². The first-order valence-corrected chi connectivity index (χ1v) is 12.9. The van der Waals surface area contributed by atoms with Gasteiger partial charge in [-0.15, -0.1) is 0 Å². The molecule has 0 fully saturated rings. The van der Waals surface area contributed by atoms with Crippen LogP contribution in [0.2, 0.25) is 5.02 Å². The molecule has 0 saturated carbocycles. The number of aromatic nitrogens is 1. The first-order valence-electron chi connectivity index (χ1n) is 12.5. The number of benzene rings is 2. The summed E-state index contributed by atoms with van der Waals surface area (Å²) >= 11 is 6.43. The largest absolute Gasteiger partial charge is 0.419 e. The lowest BCUT2D eigenvalue weighted by molar-refractivity contribution is 0.101. The lowest BCUT2D eigenvalue weighted by Gasteiger charge is -2.25. The average molecular weight is 487 g/mol. The third kappa shape index (κ3) is 7.23. The quantitative estimate of drug-likeness (QED) is 0.208. The number of anilines is 1. The van der Waals surface area contributed by atoms with Gasteiger partial charge in [-0.2, -0.15) is 0 Å². The average Bonchev–Trinajstić information content (AvgIpc) is 3.14. The Labute approximate surface area is 208 Å². The maximum absolute atomic E-state index is 11.7. The number of rotatable bonds is 11. The molecular weight excluding hydrogens is 448 g/mol. The highest BCUT2D eigenvalue weighted by molar-refractivity contribution is 6.34. The van der Waals surface area contributed by atoms with Gasteiger partial charge in [0.15, 0.2) is 11.4 Å². The van der Waals surface area contributed by atoms with Crippen molar-refractivity contribution in [3.8, 4) is 0 Å². The molecule has 34 heavy (non-hydrogen) atoms. The van der Waals surface area contributed by atoms with Crippen molar-refractivity contribution >= 4 is 34.2 Å². The molecule has 5 nitrogen and oxygen atoms in total. The second-order valence-corrected chi connectivity index (χ2v) is 8.93. The van der Waals surface area contributed by atoms with E-state index in [2.05, 4.69) is 50.8 Å². The van der Waals surface area contributed by atoms with Crippen LogP contribution in [-0.4, -0.2) is 23.4 Å². The van der Waals surface area contributed by atoms with E-state index < -0.39 is 0 Å². The molecule has 0 unspecified atom stereocenters. The monoisotopic (exact) mass is 486 g/mol. The summed E-state index contributed by atoms with van der Waals surface area (Å²) in [6, 6.07) is 11.5. The van der Waals surface area contributed by atoms with Crippen LogP contribution in [0.4, 0.5) is 5.69 Å². The van der Waals surface area contributed by atoms with Gasteiger partial charge in [0.1, 0.15) is 0 Å². The van der Waals surface area contributed by atoms with Crippen molar-refractivity contribution < 1.29 is 9.21 Å². The summed E-state index contributed by atoms with van der Waals surface area (Å²) in [6.07, 6.45) is 6.47. The van der Waals surface area contributed by atoms with Crippen molar-refractivity contribution in [1.82, 2.24) is 4.57 Å². The minimum Gasteiger partial charge on any atom is -0.408 e. The van der Waals surface area contributed by atoms with Gasteiger partial charge >= 0.3 is 5.76 Å². The Kier molecular flexibility index (Phi) is 11.4. The van der Waals surface area contributed by atoms with Gasteiger partial charge in [-0.1, -0.05) is 64.3 Å². The van der Waals surface area contributed by atoms with Gasteiger partial charge in [-0.05, 0) is 62.4 Å². The number of carbonyl (C=O) groups is 1. The molecule has 2 aromatic carbocycles. The molecule has 0 aliphatic rings. The van der Waals surface area contributed by atoms with Crippen LogP contribution in [0, 0.1) is 0 Å². The van der Waals surface area contributed by atoms with Crippen molar-refractivity contribution in [3.05, 3.63) is 63.1 Å². The van der Waals surface area contributed by atoms with Crippen LogP contribution in [0.25, 0.3) is 11.1 Å². The second-order valence-electron chi connectivity index (χ2n) is 8.56. The van der Waals surface area contributed by atoms with E-state index in [4.69, 9.17) is 16.0 Å². The first-order chi connectivity index (χ1) is 16.4. The van der Waals surface area contributed by atoms with Gasteiger partial charge < -0.3 is 9.32 Å². The van der Waals surface area contributed by atoms with Gasteiger partial charge in [0.05, 0.1) is 16.2 Å². The van der Waals surface area contributed by atoms with E-state index in [0.717, 1.165) is 62.2 Å². The molecule has 0 aliphatic heterocycles. The Morgan fingerprint density at radius 2 is 1.71 bits per heavy atom. The summed E-state index contributed by atoms with van der Waals surface area (Å²) in [5.41, 5.74) is 4.27. The zero-order chi connectivity index (χ0) is 25.1. The number of unbranched alkanes of at least 4 members (excludes halogenated alkanes) is 2. The van der Waals surface area contributed by atoms with Crippen LogP contribution < -0.4 is 10.7 Å². The van der Waals surface area contributed by atoms with E-state index in [9.17, 15) is 9.59 Å². The van der Waals surface area contributed by atoms with Crippen molar-refractivity contribution in [1.29, 1.82) is 0 Å². The number of hydrogen-bond acceptors (Lipinski definition) is 4. The number of oxazole rings is 1. The fraction of sp³-hybridized carbons (Fsp3) is 0.500. The van der Waals surface area contributed by atoms with E-state index in [0.29, 0.717) is 17.7 Å². The molecule has 1 aromatic heterocycles. The molecule has 0 N–H and O–H groups in total. The predicted octanol–water partition coefficient (Wildman–Crippen LogP) is 7.52. The molecule has 3 aromatic rings. The van der Waals surface area contributed by atoms with Gasteiger partial charge in [0.2, 0.25) is 0 Å². The number of ketones is 1. The Hall–Kier alpha value is -2.53. The molecule has 0 amide bonds. The first kappa shape index (κ1) is 27.7. The van der Waals surface area contributed by atoms with Crippen LogP contribution in [0.1, 0.15) is 82.6 Å². The van der Waals surface area contributed by atoms with Crippen LogP contribution in [0.3, 0.4) is 0 Å². The molecule has 0 atom stereocenters. The predicted molar refractivity (Wildman–Crippen MR) is 144 cm³/mol. The molecular formula is C28H39ClN2O3. The van der Waals surface area contributed by atoms with E-state index >= 15 is 0 Å². The minimum absolute atomic E-state index is 0.0294. The van der Waals surface area contributed by atoms with Crippen LogP contribution >= 0.6 is 11.6 Å². The highest BCUT2D eigenvalue weighted by Crippen LogP contribution is 2.30. The number of aryl methyl sites for hydroxylation is 2. The normalized spacial score (nSPS) is 10.8. The molecule has 6 heteroatoms. The number of carbonyl (C=O) groups excluding carboxylic acids is 1. The number of nitrogens with zero attached hydrogens (tertiary/aromatic N) is 2. The van der Waals surface area contributed by atoms with Gasteiger partial charge in [0.25, 0.3) is 0 Å². The molecule has 0 aliphatic carbocycles. The van der Waals surface area contributed by atoms with Gasteiger partial charge in [0, 0.05) is 25.2 Å². The molecule has 0 bridgehead atoms. The summed E-state index contributed by atoms with van der Waals surface area (Å²) < 4.78 is 6.81. The summed E-state index contributed by atoms with van der Waals surface area (Å²) in [6.45, 7) is 13.0. The zero-order valence-electron chi connectivity index (χ0n) is 21.3. The topological polar surface area (TPSA) is 55.5 Å². The van der Waals surface area contributed by atoms with Gasteiger partial charge in [-0.3, -0.25) is 9.36 Å². The maximum atomic E-state index is 11.7. The van der Waals surface area contributed by atoms with Crippen molar-refractivity contribution in [2.24, 2.45) is 0 Å². The fourth-order valence-electron chi connectivity index (χ4n) is 3.99. The zero-order valence-corrected chi connectivity index (χ0v) is 22.1. The molecule has 1 heterocycles. The molecule has 0 radical (unpaired) electrons. The molecule has 0 saturated heterocycles. The van der Waals surface area contributed by atoms with Crippen LogP contribution in [0.5, 0.6) is 0 Å². The number of hydrogen-bond donors (Lipinski definition) is 0. The smallest absolute Gasteiger partial charge is 0.408 e. The lowest BCUT2D eigenvalue weighted by atomic mass is 10.1. The summed E-state index contributed by atoms with van der Waals surface area (Å²) in [5.74, 6) is -0.375. The Morgan fingerprint density at radius 3 is 2.29 bits per heavy atom. The molecule has 3 rings (SSSR count). The third-order valence-electron chi connectivity index (χ3n) is 5.83. The number of fused-ring (bicyclic) bond motifs is 1. The molecule has 186 valence electrons. The number of Topliss-reactive ketones (excluding diaryl/α,β-unsaturated/α-hetero) is 1.